The SMILES string of the molecule is CN(C)B(Br)[Si](C)(C)C. The van der Waals surface area contributed by atoms with Crippen molar-refractivity contribution in [2.24, 2.45) is 0 Å². The summed E-state index contributed by atoms with van der Waals surface area (Å²) in [5.74, 6) is 0. The van der Waals surface area contributed by atoms with Crippen LogP contribution in [0.1, 0.15) is 0 Å². The van der Waals surface area contributed by atoms with Gasteiger partial charge in [0.25, 0.3) is 5.26 Å². The van der Waals surface area contributed by atoms with E-state index in [1.807, 2.05) is 0 Å². The van der Waals surface area contributed by atoms with Gasteiger partial charge in [-0.1, -0.05) is 19.6 Å². The summed E-state index contributed by atoms with van der Waals surface area (Å²) >= 11 is 3.65. The number of halogens is 1. The molecule has 54 valence electrons. The van der Waals surface area contributed by atoms with Gasteiger partial charge in [0.1, 0.15) is 0 Å². The molecule has 0 unspecified atom stereocenters. The van der Waals surface area contributed by atoms with Gasteiger partial charge < -0.3 is 4.81 Å². The van der Waals surface area contributed by atoms with Crippen molar-refractivity contribution in [1.82, 2.24) is 4.81 Å². The van der Waals surface area contributed by atoms with Crippen LogP contribution in [0.3, 0.4) is 0 Å². The fourth-order valence-corrected chi connectivity index (χ4v) is 2.32. The van der Waals surface area contributed by atoms with Crippen LogP contribution in [0.2, 0.25) is 19.6 Å². The van der Waals surface area contributed by atoms with Gasteiger partial charge in [-0.05, 0) is 14.1 Å². The van der Waals surface area contributed by atoms with Crippen molar-refractivity contribution < 1.29 is 0 Å². The quantitative estimate of drug-likeness (QED) is 0.626. The largest absolute Gasteiger partial charge is 0.340 e. The second-order valence-corrected chi connectivity index (χ2v) is 10.7. The Morgan fingerprint density at radius 1 is 1.22 bits per heavy atom. The lowest BCUT2D eigenvalue weighted by molar-refractivity contribution is 0.668. The third-order valence-electron chi connectivity index (χ3n) is 1.17. The van der Waals surface area contributed by atoms with Crippen LogP contribution in [0.5, 0.6) is 0 Å². The molecule has 0 aliphatic carbocycles. The Kier molecular flexibility index (Phi) is 3.47. The van der Waals surface area contributed by atoms with Crippen molar-refractivity contribution in [2.45, 2.75) is 19.6 Å². The molecule has 0 amide bonds. The normalized spacial score (nSPS) is 12.3. The lowest BCUT2D eigenvalue weighted by Crippen LogP contribution is -2.48. The molecule has 0 radical (unpaired) electrons. The zero-order valence-corrected chi connectivity index (χ0v) is 9.49. The number of rotatable bonds is 2. The predicted molar refractivity (Wildman–Crippen MR) is 51.7 cm³/mol. The Morgan fingerprint density at radius 2 is 1.56 bits per heavy atom. The first-order valence-electron chi connectivity index (χ1n) is 3.16. The topological polar surface area (TPSA) is 3.24 Å². The van der Waals surface area contributed by atoms with Crippen LogP contribution in [0.4, 0.5) is 0 Å². The minimum atomic E-state index is -0.981. The highest BCUT2D eigenvalue weighted by Gasteiger charge is 2.30. The van der Waals surface area contributed by atoms with Crippen LogP contribution >= 0.6 is 15.8 Å². The molecule has 0 saturated heterocycles. The van der Waals surface area contributed by atoms with Crippen molar-refractivity contribution in [1.29, 1.82) is 0 Å². The first kappa shape index (κ1) is 9.72. The highest BCUT2D eigenvalue weighted by Crippen LogP contribution is 2.12. The molecule has 0 saturated carbocycles. The molecule has 9 heavy (non-hydrogen) atoms. The number of hydrogen-bond acceptors (Lipinski definition) is 1. The van der Waals surface area contributed by atoms with Gasteiger partial charge in [0.05, 0.1) is 7.94 Å². The minimum Gasteiger partial charge on any atom is -0.340 e. The summed E-state index contributed by atoms with van der Waals surface area (Å²) < 4.78 is 0. The molecule has 0 heterocycles. The average molecular weight is 208 g/mol. The first-order chi connectivity index (χ1) is 3.85. The van der Waals surface area contributed by atoms with Gasteiger partial charge >= 0.3 is 0 Å². The Balaban J connectivity index is 3.88. The van der Waals surface area contributed by atoms with Crippen LogP contribution in [0.25, 0.3) is 0 Å². The lowest BCUT2D eigenvalue weighted by atomic mass is 10.3. The highest BCUT2D eigenvalue weighted by molar-refractivity contribution is 9.26. The molecule has 0 aromatic heterocycles. The monoisotopic (exact) mass is 207 g/mol. The van der Waals surface area contributed by atoms with E-state index >= 15 is 0 Å². The van der Waals surface area contributed by atoms with E-state index in [1.54, 1.807) is 0 Å². The Morgan fingerprint density at radius 3 is 1.56 bits per heavy atom. The third-order valence-corrected chi connectivity index (χ3v) is 8.05. The Bertz CT molecular complexity index is 91.4. The van der Waals surface area contributed by atoms with Gasteiger partial charge in [0.2, 0.25) is 0 Å². The molecule has 0 aliphatic rings. The molecule has 0 rings (SSSR count). The van der Waals surface area contributed by atoms with E-state index < -0.39 is 7.94 Å². The maximum Gasteiger partial charge on any atom is 0.288 e. The van der Waals surface area contributed by atoms with Crippen LogP contribution < -0.4 is 0 Å². The summed E-state index contributed by atoms with van der Waals surface area (Å²) in [6.07, 6.45) is 0. The standard InChI is InChI=1S/C5H15BBrNSi/c1-8(2)6(7)9(3,4)5/h1-5H3. The molecular formula is C5H15BBrNSi. The van der Waals surface area contributed by atoms with E-state index in [0.29, 0.717) is 5.26 Å². The van der Waals surface area contributed by atoms with Crippen LogP contribution in [0.15, 0.2) is 0 Å². The second-order valence-electron chi connectivity index (χ2n) is 3.67. The van der Waals surface area contributed by atoms with E-state index in [9.17, 15) is 0 Å². The molecule has 4 heteroatoms. The molecule has 0 aromatic rings. The van der Waals surface area contributed by atoms with Gasteiger partial charge in [-0.2, -0.15) is 0 Å². The molecule has 0 bridgehead atoms. The van der Waals surface area contributed by atoms with Crippen LogP contribution in [-0.4, -0.2) is 32.1 Å². The van der Waals surface area contributed by atoms with Gasteiger partial charge in [-0.15, -0.1) is 15.8 Å². The molecule has 0 atom stereocenters. The summed E-state index contributed by atoms with van der Waals surface area (Å²) in [5.41, 5.74) is 0. The van der Waals surface area contributed by atoms with Gasteiger partial charge in [-0.25, -0.2) is 0 Å². The minimum absolute atomic E-state index is 0.602. The maximum atomic E-state index is 3.65. The Labute approximate surface area is 67.8 Å². The summed E-state index contributed by atoms with van der Waals surface area (Å²) in [5, 5.41) is 0.602. The van der Waals surface area contributed by atoms with Crippen molar-refractivity contribution in [2.75, 3.05) is 14.1 Å². The predicted octanol–water partition coefficient (Wildman–Crippen LogP) is 1.85. The zero-order valence-electron chi connectivity index (χ0n) is 6.90. The summed E-state index contributed by atoms with van der Waals surface area (Å²) in [4.78, 5) is 2.23. The average Bonchev–Trinajstić information content (AvgIpc) is 1.62. The molecule has 0 aromatic carbocycles. The van der Waals surface area contributed by atoms with E-state index in [4.69, 9.17) is 0 Å². The Hall–Kier alpha value is 0.722. The van der Waals surface area contributed by atoms with Crippen molar-refractivity contribution >= 4 is 29.0 Å². The van der Waals surface area contributed by atoms with Gasteiger partial charge in [0.15, 0.2) is 0 Å². The number of hydrogen-bond donors (Lipinski definition) is 0. The van der Waals surface area contributed by atoms with E-state index in [0.717, 1.165) is 0 Å². The summed E-state index contributed by atoms with van der Waals surface area (Å²) in [6.45, 7) is 7.06. The molecule has 0 spiro atoms. The molecular weight excluding hydrogens is 193 g/mol. The smallest absolute Gasteiger partial charge is 0.288 e. The molecule has 0 aliphatic heterocycles. The summed E-state index contributed by atoms with van der Waals surface area (Å²) in [6, 6.07) is 0. The van der Waals surface area contributed by atoms with Gasteiger partial charge in [0, 0.05) is 0 Å². The van der Waals surface area contributed by atoms with Crippen molar-refractivity contribution in [3.63, 3.8) is 0 Å². The van der Waals surface area contributed by atoms with Gasteiger partial charge in [-0.3, -0.25) is 0 Å². The molecule has 0 fully saturated rings. The summed E-state index contributed by atoms with van der Waals surface area (Å²) in [7, 11) is 3.24. The van der Waals surface area contributed by atoms with E-state index in [-0.39, 0.29) is 0 Å². The zero-order chi connectivity index (χ0) is 7.65. The fraction of sp³-hybridized carbons (Fsp3) is 1.00. The van der Waals surface area contributed by atoms with Crippen molar-refractivity contribution in [3.05, 3.63) is 0 Å². The lowest BCUT2D eigenvalue weighted by Gasteiger charge is -2.25. The van der Waals surface area contributed by atoms with Crippen LogP contribution in [0, 0.1) is 0 Å². The highest BCUT2D eigenvalue weighted by atomic mass is 79.9. The van der Waals surface area contributed by atoms with Crippen LogP contribution in [-0.2, 0) is 0 Å². The van der Waals surface area contributed by atoms with E-state index in [1.165, 1.54) is 0 Å². The van der Waals surface area contributed by atoms with Crippen molar-refractivity contribution in [3.8, 4) is 0 Å². The number of nitrogens with zero attached hydrogens (tertiary/aromatic N) is 1. The molecule has 1 nitrogen and oxygen atoms in total. The fourth-order valence-electron chi connectivity index (χ4n) is 0.775. The maximum absolute atomic E-state index is 3.65. The third kappa shape index (κ3) is 3.43. The first-order valence-corrected chi connectivity index (χ1v) is 7.65. The second kappa shape index (κ2) is 3.21. The molecule has 0 N–H and O–H groups in total. The van der Waals surface area contributed by atoms with E-state index in [2.05, 4.69) is 54.3 Å².